The molecule has 4 aromatic rings. The summed E-state index contributed by atoms with van der Waals surface area (Å²) in [5.41, 5.74) is 2.95. The van der Waals surface area contributed by atoms with E-state index < -0.39 is 28.5 Å². The number of para-hydroxylation sites is 2. The lowest BCUT2D eigenvalue weighted by molar-refractivity contribution is -0.140. The molecule has 1 atom stereocenters. The van der Waals surface area contributed by atoms with Gasteiger partial charge in [0.25, 0.3) is 10.0 Å². The minimum absolute atomic E-state index is 0.0418. The first-order valence-corrected chi connectivity index (χ1v) is 18.7. The van der Waals surface area contributed by atoms with Crippen LogP contribution in [0.15, 0.2) is 113 Å². The fourth-order valence-corrected chi connectivity index (χ4v) is 7.15. The summed E-state index contributed by atoms with van der Waals surface area (Å²) < 4.78 is 35.8. The molecule has 8 nitrogen and oxygen atoms in total. The zero-order chi connectivity index (χ0) is 34.7. The quantitative estimate of drug-likeness (QED) is 0.131. The molecular weight excluding hydrogens is 643 g/mol. The molecule has 10 heteroatoms. The van der Waals surface area contributed by atoms with Gasteiger partial charge in [0.1, 0.15) is 18.3 Å². The van der Waals surface area contributed by atoms with Crippen molar-refractivity contribution in [2.45, 2.75) is 56.5 Å². The highest BCUT2D eigenvalue weighted by molar-refractivity contribution is 7.98. The fourth-order valence-electron chi connectivity index (χ4n) is 5.31. The number of nitrogens with one attached hydrogen (secondary N) is 1. The van der Waals surface area contributed by atoms with Crippen LogP contribution in [0.1, 0.15) is 37.5 Å². The van der Waals surface area contributed by atoms with Crippen molar-refractivity contribution in [2.75, 3.05) is 30.3 Å². The number of amides is 2. The van der Waals surface area contributed by atoms with E-state index in [1.165, 1.54) is 16.7 Å². The van der Waals surface area contributed by atoms with Gasteiger partial charge in [-0.2, -0.15) is 0 Å². The van der Waals surface area contributed by atoms with Gasteiger partial charge in [0.05, 0.1) is 17.2 Å². The van der Waals surface area contributed by atoms with E-state index in [1.807, 2.05) is 88.5 Å². The maximum absolute atomic E-state index is 14.7. The van der Waals surface area contributed by atoms with Gasteiger partial charge in [-0.3, -0.25) is 13.9 Å². The van der Waals surface area contributed by atoms with Gasteiger partial charge in [-0.05, 0) is 73.5 Å². The molecule has 254 valence electrons. The molecular formula is C38H45N3O5S2. The average Bonchev–Trinajstić information content (AvgIpc) is 3.08. The lowest BCUT2D eigenvalue weighted by Crippen LogP contribution is -2.53. The number of aryl methyl sites for hydroxylation is 1. The Morgan fingerprint density at radius 2 is 1.54 bits per heavy atom. The van der Waals surface area contributed by atoms with Crippen LogP contribution in [0.2, 0.25) is 0 Å². The molecule has 4 rings (SSSR count). The van der Waals surface area contributed by atoms with Gasteiger partial charge in [-0.25, -0.2) is 8.42 Å². The van der Waals surface area contributed by atoms with Crippen molar-refractivity contribution in [3.05, 3.63) is 120 Å². The van der Waals surface area contributed by atoms with Crippen LogP contribution < -0.4 is 14.4 Å². The fraction of sp³-hybridized carbons (Fsp3) is 0.316. The molecule has 1 N–H and O–H groups in total. The zero-order valence-electron chi connectivity index (χ0n) is 28.3. The van der Waals surface area contributed by atoms with E-state index in [1.54, 1.807) is 48.5 Å². The summed E-state index contributed by atoms with van der Waals surface area (Å²) in [5, 5.41) is 3.03. The van der Waals surface area contributed by atoms with E-state index >= 15 is 0 Å². The smallest absolute Gasteiger partial charge is 0.264 e. The summed E-state index contributed by atoms with van der Waals surface area (Å²) >= 11 is 1.50. The minimum Gasteiger partial charge on any atom is -0.492 e. The Morgan fingerprint density at radius 3 is 2.19 bits per heavy atom. The third-order valence-corrected chi connectivity index (χ3v) is 10.3. The lowest BCUT2D eigenvalue weighted by Gasteiger charge is -2.34. The van der Waals surface area contributed by atoms with Gasteiger partial charge >= 0.3 is 0 Å². The van der Waals surface area contributed by atoms with Crippen LogP contribution in [0.25, 0.3) is 0 Å². The molecule has 2 amide bonds. The van der Waals surface area contributed by atoms with Gasteiger partial charge < -0.3 is 15.0 Å². The number of rotatable bonds is 16. The standard InChI is InChI=1S/C38H45N3O5S2/c1-6-46-36-18-11-10-17-34(36)41(48(44,45)33-21-19-32(47-5)20-22-33)27-37(42)40(26-31-16-12-13-29(4)23-31)35(38(43)39-25-28(2)3)24-30-14-8-7-9-15-30/h7-23,28,35H,6,24-27H2,1-5H3,(H,39,43). The van der Waals surface area contributed by atoms with Crippen LogP contribution in [-0.4, -0.2) is 57.1 Å². The third-order valence-electron chi connectivity index (χ3n) is 7.75. The number of hydrogen-bond acceptors (Lipinski definition) is 6. The molecule has 0 fully saturated rings. The number of anilines is 1. The molecule has 0 spiro atoms. The molecule has 0 bridgehead atoms. The molecule has 4 aromatic carbocycles. The number of nitrogens with zero attached hydrogens (tertiary/aromatic N) is 2. The minimum atomic E-state index is -4.26. The second-order valence-electron chi connectivity index (χ2n) is 11.9. The van der Waals surface area contributed by atoms with E-state index in [9.17, 15) is 18.0 Å². The highest BCUT2D eigenvalue weighted by Gasteiger charge is 2.35. The number of carbonyl (C=O) groups excluding carboxylic acids is 2. The number of benzene rings is 4. The van der Waals surface area contributed by atoms with Crippen molar-refractivity contribution < 1.29 is 22.7 Å². The molecule has 0 radical (unpaired) electrons. The van der Waals surface area contributed by atoms with Crippen molar-refractivity contribution in [1.82, 2.24) is 10.2 Å². The van der Waals surface area contributed by atoms with E-state index in [4.69, 9.17) is 4.74 Å². The largest absolute Gasteiger partial charge is 0.492 e. The van der Waals surface area contributed by atoms with Crippen LogP contribution in [0.3, 0.4) is 0 Å². The molecule has 0 aliphatic rings. The van der Waals surface area contributed by atoms with Gasteiger partial charge in [0.2, 0.25) is 11.8 Å². The number of hydrogen-bond donors (Lipinski definition) is 1. The topological polar surface area (TPSA) is 96.0 Å². The second kappa shape index (κ2) is 17.2. The van der Waals surface area contributed by atoms with Crippen LogP contribution in [-0.2, 0) is 32.6 Å². The summed E-state index contributed by atoms with van der Waals surface area (Å²) in [6.07, 6.45) is 2.17. The first kappa shape index (κ1) is 36.6. The van der Waals surface area contributed by atoms with Gasteiger partial charge in [-0.1, -0.05) is 86.1 Å². The van der Waals surface area contributed by atoms with Gasteiger partial charge in [-0.15, -0.1) is 11.8 Å². The normalized spacial score (nSPS) is 12.0. The number of thioether (sulfide) groups is 1. The molecule has 48 heavy (non-hydrogen) atoms. The van der Waals surface area contributed by atoms with Crippen molar-refractivity contribution in [1.29, 1.82) is 0 Å². The van der Waals surface area contributed by atoms with Crippen LogP contribution >= 0.6 is 11.8 Å². The Balaban J connectivity index is 1.84. The summed E-state index contributed by atoms with van der Waals surface area (Å²) in [7, 11) is -4.26. The SMILES string of the molecule is CCOc1ccccc1N(CC(=O)N(Cc1cccc(C)c1)C(Cc1ccccc1)C(=O)NCC(C)C)S(=O)(=O)c1ccc(SC)cc1. The summed E-state index contributed by atoms with van der Waals surface area (Å²) in [6.45, 7) is 8.09. The summed E-state index contributed by atoms with van der Waals surface area (Å²) in [4.78, 5) is 31.2. The maximum Gasteiger partial charge on any atom is 0.264 e. The molecule has 0 heterocycles. The Bertz CT molecular complexity index is 1760. The van der Waals surface area contributed by atoms with Crippen molar-refractivity contribution in [3.63, 3.8) is 0 Å². The van der Waals surface area contributed by atoms with E-state index in [2.05, 4.69) is 5.32 Å². The number of ether oxygens (including phenoxy) is 1. The van der Waals surface area contributed by atoms with Gasteiger partial charge in [0, 0.05) is 24.4 Å². The Labute approximate surface area is 289 Å². The Kier molecular flexibility index (Phi) is 13.1. The number of carbonyl (C=O) groups is 2. The van der Waals surface area contributed by atoms with Crippen molar-refractivity contribution >= 4 is 39.3 Å². The lowest BCUT2D eigenvalue weighted by atomic mass is 10.0. The molecule has 0 aliphatic heterocycles. The Morgan fingerprint density at radius 1 is 0.875 bits per heavy atom. The van der Waals surface area contributed by atoms with Crippen LogP contribution in [0.4, 0.5) is 5.69 Å². The highest BCUT2D eigenvalue weighted by atomic mass is 32.2. The maximum atomic E-state index is 14.7. The van der Waals surface area contributed by atoms with Gasteiger partial charge in [0.15, 0.2) is 0 Å². The second-order valence-corrected chi connectivity index (χ2v) is 14.7. The first-order chi connectivity index (χ1) is 23.0. The van der Waals surface area contributed by atoms with Crippen LogP contribution in [0.5, 0.6) is 5.75 Å². The predicted molar refractivity (Wildman–Crippen MR) is 194 cm³/mol. The van der Waals surface area contributed by atoms with E-state index in [-0.39, 0.29) is 35.4 Å². The first-order valence-electron chi connectivity index (χ1n) is 16.1. The monoisotopic (exact) mass is 687 g/mol. The molecule has 0 saturated heterocycles. The molecule has 0 aromatic heterocycles. The van der Waals surface area contributed by atoms with Crippen LogP contribution in [0, 0.1) is 12.8 Å². The summed E-state index contributed by atoms with van der Waals surface area (Å²) in [6, 6.07) is 29.7. The van der Waals surface area contributed by atoms with E-state index in [0.717, 1.165) is 25.9 Å². The Hall–Kier alpha value is -4.28. The van der Waals surface area contributed by atoms with Crippen molar-refractivity contribution in [2.24, 2.45) is 5.92 Å². The number of sulfonamides is 1. The predicted octanol–water partition coefficient (Wildman–Crippen LogP) is 6.72. The summed E-state index contributed by atoms with van der Waals surface area (Å²) in [5.74, 6) is -0.295. The highest BCUT2D eigenvalue weighted by Crippen LogP contribution is 2.33. The zero-order valence-corrected chi connectivity index (χ0v) is 29.9. The average molecular weight is 688 g/mol. The molecule has 0 saturated carbocycles. The van der Waals surface area contributed by atoms with Crippen molar-refractivity contribution in [3.8, 4) is 5.75 Å². The molecule has 1 unspecified atom stereocenters. The third kappa shape index (κ3) is 9.64. The van der Waals surface area contributed by atoms with E-state index in [0.29, 0.717) is 18.9 Å². The molecule has 0 aliphatic carbocycles.